The molecule has 0 atom stereocenters. The number of ether oxygens (including phenoxy) is 3. The summed E-state index contributed by atoms with van der Waals surface area (Å²) < 4.78 is 17.0. The molecule has 0 spiro atoms. The Balaban J connectivity index is 2.03. The zero-order chi connectivity index (χ0) is 20.0. The maximum atomic E-state index is 12.4. The summed E-state index contributed by atoms with van der Waals surface area (Å²) in [5, 5.41) is 2.92. The summed E-state index contributed by atoms with van der Waals surface area (Å²) in [7, 11) is 6.61. The van der Waals surface area contributed by atoms with E-state index in [0.717, 1.165) is 21.3 Å². The van der Waals surface area contributed by atoms with Crippen molar-refractivity contribution in [2.45, 2.75) is 13.5 Å². The van der Waals surface area contributed by atoms with Gasteiger partial charge in [0.2, 0.25) is 5.91 Å². The van der Waals surface area contributed by atoms with Gasteiger partial charge in [-0.15, -0.1) is 0 Å². The van der Waals surface area contributed by atoms with Gasteiger partial charge in [-0.1, -0.05) is 15.9 Å². The fourth-order valence-corrected chi connectivity index (χ4v) is 2.90. The number of rotatable bonds is 8. The van der Waals surface area contributed by atoms with E-state index < -0.39 is 0 Å². The van der Waals surface area contributed by atoms with E-state index in [-0.39, 0.29) is 12.5 Å². The zero-order valence-corrected chi connectivity index (χ0v) is 17.8. The molecule has 2 aromatic carbocycles. The molecule has 1 amide bonds. The first-order valence-electron chi connectivity index (χ1n) is 8.42. The minimum Gasteiger partial charge on any atom is -0.496 e. The molecule has 2 rings (SSSR count). The third-order valence-corrected chi connectivity index (χ3v) is 5.12. The largest absolute Gasteiger partial charge is 0.496 e. The van der Waals surface area contributed by atoms with Gasteiger partial charge >= 0.3 is 0 Å². The van der Waals surface area contributed by atoms with Gasteiger partial charge in [-0.3, -0.25) is 4.79 Å². The first kappa shape index (κ1) is 20.9. The van der Waals surface area contributed by atoms with Crippen LogP contribution in [0.25, 0.3) is 0 Å². The molecule has 27 heavy (non-hydrogen) atoms. The molecule has 0 aliphatic carbocycles. The van der Waals surface area contributed by atoms with Crippen LogP contribution in [-0.4, -0.2) is 40.8 Å². The molecule has 0 aliphatic heterocycles. The van der Waals surface area contributed by atoms with Gasteiger partial charge in [-0.05, 0) is 36.8 Å². The second kappa shape index (κ2) is 9.50. The van der Waals surface area contributed by atoms with E-state index in [4.69, 9.17) is 14.2 Å². The van der Waals surface area contributed by atoms with Crippen molar-refractivity contribution in [2.75, 3.05) is 39.8 Å². The lowest BCUT2D eigenvalue weighted by Crippen LogP contribution is -2.34. The van der Waals surface area contributed by atoms with Gasteiger partial charge in [-0.2, -0.15) is 0 Å². The average molecular weight is 437 g/mol. The molecule has 146 valence electrons. The van der Waals surface area contributed by atoms with Crippen molar-refractivity contribution in [1.82, 2.24) is 5.32 Å². The molecule has 0 fully saturated rings. The van der Waals surface area contributed by atoms with Gasteiger partial charge in [0.05, 0.1) is 27.9 Å². The molecule has 0 radical (unpaired) electrons. The number of aryl methyl sites for hydroxylation is 1. The van der Waals surface area contributed by atoms with Crippen LogP contribution < -0.4 is 24.4 Å². The third-order valence-electron chi connectivity index (χ3n) is 4.23. The predicted octanol–water partition coefficient (Wildman–Crippen LogP) is 3.54. The molecule has 6 nitrogen and oxygen atoms in total. The van der Waals surface area contributed by atoms with Crippen molar-refractivity contribution in [3.8, 4) is 17.2 Å². The molecule has 1 N–H and O–H groups in total. The number of nitrogens with zero attached hydrogens (tertiary/aromatic N) is 1. The van der Waals surface area contributed by atoms with Gasteiger partial charge in [0, 0.05) is 35.4 Å². The minimum absolute atomic E-state index is 0.0880. The van der Waals surface area contributed by atoms with Crippen LogP contribution in [0.15, 0.2) is 34.8 Å². The lowest BCUT2D eigenvalue weighted by atomic mass is 10.1. The van der Waals surface area contributed by atoms with Gasteiger partial charge < -0.3 is 24.4 Å². The molecule has 2 aromatic rings. The van der Waals surface area contributed by atoms with E-state index in [1.165, 1.54) is 0 Å². The van der Waals surface area contributed by atoms with Crippen LogP contribution in [0, 0.1) is 6.92 Å². The van der Waals surface area contributed by atoms with Crippen LogP contribution in [0.5, 0.6) is 17.2 Å². The number of halogens is 1. The second-order valence-electron chi connectivity index (χ2n) is 6.09. The maximum Gasteiger partial charge on any atom is 0.239 e. The van der Waals surface area contributed by atoms with Gasteiger partial charge in [0.1, 0.15) is 5.75 Å². The van der Waals surface area contributed by atoms with Gasteiger partial charge in [0.25, 0.3) is 0 Å². The van der Waals surface area contributed by atoms with Crippen LogP contribution in [0.3, 0.4) is 0 Å². The smallest absolute Gasteiger partial charge is 0.239 e. The number of likely N-dealkylation sites (N-methyl/N-ethyl adjacent to an activating group) is 1. The maximum absolute atomic E-state index is 12.4. The summed E-state index contributed by atoms with van der Waals surface area (Å²) in [5.74, 6) is 1.71. The van der Waals surface area contributed by atoms with Crippen molar-refractivity contribution in [3.05, 3.63) is 45.9 Å². The Morgan fingerprint density at radius 1 is 1.04 bits per heavy atom. The number of amides is 1. The van der Waals surface area contributed by atoms with Crippen molar-refractivity contribution in [1.29, 1.82) is 0 Å². The summed E-state index contributed by atoms with van der Waals surface area (Å²) in [4.78, 5) is 14.3. The van der Waals surface area contributed by atoms with Gasteiger partial charge in [0.15, 0.2) is 11.5 Å². The van der Waals surface area contributed by atoms with Crippen molar-refractivity contribution in [3.63, 3.8) is 0 Å². The lowest BCUT2D eigenvalue weighted by molar-refractivity contribution is -0.119. The SMILES string of the molecule is COc1cc(OC)c(OC)cc1CNC(=O)CN(C)c1ccc(Br)c(C)c1. The number of carbonyl (C=O) groups is 1. The van der Waals surface area contributed by atoms with E-state index in [1.54, 1.807) is 33.5 Å². The number of benzene rings is 2. The molecule has 0 unspecified atom stereocenters. The monoisotopic (exact) mass is 436 g/mol. The molecular weight excluding hydrogens is 412 g/mol. The molecule has 0 aromatic heterocycles. The molecular formula is C20H25BrN2O4. The van der Waals surface area contributed by atoms with Crippen molar-refractivity contribution in [2.24, 2.45) is 0 Å². The van der Waals surface area contributed by atoms with Crippen molar-refractivity contribution >= 4 is 27.5 Å². The number of nitrogens with one attached hydrogen (secondary N) is 1. The number of hydrogen-bond donors (Lipinski definition) is 1. The Morgan fingerprint density at radius 2 is 1.67 bits per heavy atom. The summed E-state index contributed by atoms with van der Waals surface area (Å²) in [6.07, 6.45) is 0. The second-order valence-corrected chi connectivity index (χ2v) is 6.94. The lowest BCUT2D eigenvalue weighted by Gasteiger charge is -2.20. The first-order valence-corrected chi connectivity index (χ1v) is 9.21. The topological polar surface area (TPSA) is 60.0 Å². The Labute approximate surface area is 168 Å². The normalized spacial score (nSPS) is 10.3. The molecule has 7 heteroatoms. The molecule has 0 heterocycles. The summed E-state index contributed by atoms with van der Waals surface area (Å²) >= 11 is 3.49. The number of anilines is 1. The number of methoxy groups -OCH3 is 3. The molecule has 0 bridgehead atoms. The predicted molar refractivity (Wildman–Crippen MR) is 110 cm³/mol. The van der Waals surface area contributed by atoms with Gasteiger partial charge in [-0.25, -0.2) is 0 Å². The highest BCUT2D eigenvalue weighted by Gasteiger charge is 2.14. The highest BCUT2D eigenvalue weighted by molar-refractivity contribution is 9.10. The fraction of sp³-hybridized carbons (Fsp3) is 0.350. The number of hydrogen-bond acceptors (Lipinski definition) is 5. The standard InChI is InChI=1S/C20H25BrN2O4/c1-13-8-15(6-7-16(13)21)23(2)12-20(24)22-11-14-9-18(26-4)19(27-5)10-17(14)25-3/h6-10H,11-12H2,1-5H3,(H,22,24). The highest BCUT2D eigenvalue weighted by Crippen LogP contribution is 2.34. The number of carbonyl (C=O) groups excluding carboxylic acids is 1. The quantitative estimate of drug-likeness (QED) is 0.685. The van der Waals surface area contributed by atoms with E-state index >= 15 is 0 Å². The Kier molecular flexibility index (Phi) is 7.36. The fourth-order valence-electron chi connectivity index (χ4n) is 2.65. The highest BCUT2D eigenvalue weighted by atomic mass is 79.9. The van der Waals surface area contributed by atoms with Crippen LogP contribution in [-0.2, 0) is 11.3 Å². The van der Waals surface area contributed by atoms with Crippen LogP contribution in [0.1, 0.15) is 11.1 Å². The van der Waals surface area contributed by atoms with E-state index in [1.807, 2.05) is 37.1 Å². The average Bonchev–Trinajstić information content (AvgIpc) is 2.67. The summed E-state index contributed by atoms with van der Waals surface area (Å²) in [5.41, 5.74) is 2.91. The van der Waals surface area contributed by atoms with Crippen LogP contribution in [0.4, 0.5) is 5.69 Å². The minimum atomic E-state index is -0.0880. The van der Waals surface area contributed by atoms with Crippen LogP contribution in [0.2, 0.25) is 0 Å². The summed E-state index contributed by atoms with van der Waals surface area (Å²) in [6, 6.07) is 9.54. The van der Waals surface area contributed by atoms with E-state index in [2.05, 4.69) is 21.2 Å². The first-order chi connectivity index (χ1) is 12.9. The van der Waals surface area contributed by atoms with E-state index in [9.17, 15) is 4.79 Å². The van der Waals surface area contributed by atoms with Crippen LogP contribution >= 0.6 is 15.9 Å². The third kappa shape index (κ3) is 5.29. The Hall–Kier alpha value is -2.41. The van der Waals surface area contributed by atoms with E-state index in [0.29, 0.717) is 23.8 Å². The zero-order valence-electron chi connectivity index (χ0n) is 16.3. The molecule has 0 saturated carbocycles. The van der Waals surface area contributed by atoms with Crippen molar-refractivity contribution < 1.29 is 19.0 Å². The Bertz CT molecular complexity index is 811. The molecule has 0 aliphatic rings. The molecule has 0 saturated heterocycles. The summed E-state index contributed by atoms with van der Waals surface area (Å²) in [6.45, 7) is 2.59. The Morgan fingerprint density at radius 3 is 2.26 bits per heavy atom.